The lowest BCUT2D eigenvalue weighted by Gasteiger charge is -2.30. The minimum Gasteiger partial charge on any atom is -0.350 e. The number of nitrogens with two attached hydrogens (primary N) is 1. The van der Waals surface area contributed by atoms with Crippen molar-refractivity contribution in [3.63, 3.8) is 0 Å². The van der Waals surface area contributed by atoms with Gasteiger partial charge in [-0.2, -0.15) is 5.10 Å². The van der Waals surface area contributed by atoms with Gasteiger partial charge in [0.15, 0.2) is 0 Å². The molecule has 1 atom stereocenters. The number of carbonyl (C=O) groups excluding carboxylic acids is 1. The number of hydrogen-bond acceptors (Lipinski definition) is 2. The van der Waals surface area contributed by atoms with Gasteiger partial charge in [-0.3, -0.25) is 0 Å². The van der Waals surface area contributed by atoms with E-state index in [1.165, 1.54) is 31.2 Å². The summed E-state index contributed by atoms with van der Waals surface area (Å²) in [6.45, 7) is 2.09. The zero-order chi connectivity index (χ0) is 15.5. The lowest BCUT2D eigenvalue weighted by atomic mass is 9.75. The molecule has 4 nitrogen and oxygen atoms in total. The second-order valence-corrected chi connectivity index (χ2v) is 6.42. The smallest absolute Gasteiger partial charge is 0.332 e. The SMILES string of the molecule is CCC(=NNC(N)=O)[C@H]1CCc2ccc3c(c2C1)CCCC3. The first-order valence-corrected chi connectivity index (χ1v) is 8.43. The summed E-state index contributed by atoms with van der Waals surface area (Å²) in [5.74, 6) is 0.428. The Bertz CT molecular complexity index is 607. The number of fused-ring (bicyclic) bond motifs is 3. The lowest BCUT2D eigenvalue weighted by Crippen LogP contribution is -2.30. The number of urea groups is 1. The van der Waals surface area contributed by atoms with Crippen LogP contribution in [0.15, 0.2) is 17.2 Å². The fraction of sp³-hybridized carbons (Fsp3) is 0.556. The third kappa shape index (κ3) is 3.01. The van der Waals surface area contributed by atoms with Gasteiger partial charge in [0, 0.05) is 11.6 Å². The van der Waals surface area contributed by atoms with Crippen LogP contribution in [0.1, 0.15) is 54.9 Å². The summed E-state index contributed by atoms with van der Waals surface area (Å²) in [6, 6.07) is 4.09. The molecule has 0 fully saturated rings. The van der Waals surface area contributed by atoms with Gasteiger partial charge in [0.1, 0.15) is 0 Å². The van der Waals surface area contributed by atoms with Crippen molar-refractivity contribution in [2.75, 3.05) is 0 Å². The Balaban J connectivity index is 1.86. The molecule has 0 aliphatic heterocycles. The van der Waals surface area contributed by atoms with E-state index in [-0.39, 0.29) is 0 Å². The zero-order valence-electron chi connectivity index (χ0n) is 13.3. The van der Waals surface area contributed by atoms with Crippen LogP contribution in [0.3, 0.4) is 0 Å². The minimum atomic E-state index is -0.584. The van der Waals surface area contributed by atoms with Crippen molar-refractivity contribution in [1.29, 1.82) is 0 Å². The Morgan fingerprint density at radius 1 is 1.23 bits per heavy atom. The molecular formula is C18H25N3O. The van der Waals surface area contributed by atoms with Crippen molar-refractivity contribution < 1.29 is 4.79 Å². The van der Waals surface area contributed by atoms with Crippen molar-refractivity contribution in [3.05, 3.63) is 34.4 Å². The highest BCUT2D eigenvalue weighted by Crippen LogP contribution is 2.34. The molecule has 0 saturated heterocycles. The first-order chi connectivity index (χ1) is 10.7. The Morgan fingerprint density at radius 2 is 1.95 bits per heavy atom. The Kier molecular flexibility index (Phi) is 4.46. The van der Waals surface area contributed by atoms with Crippen LogP contribution in [0.25, 0.3) is 0 Å². The van der Waals surface area contributed by atoms with Crippen LogP contribution in [0, 0.1) is 5.92 Å². The molecule has 3 N–H and O–H groups in total. The molecule has 1 aromatic rings. The second-order valence-electron chi connectivity index (χ2n) is 6.42. The maximum atomic E-state index is 10.9. The molecule has 0 radical (unpaired) electrons. The highest BCUT2D eigenvalue weighted by molar-refractivity contribution is 5.88. The maximum Gasteiger partial charge on any atom is 0.332 e. The molecule has 0 aromatic heterocycles. The fourth-order valence-electron chi connectivity index (χ4n) is 3.99. The molecule has 0 unspecified atom stereocenters. The van der Waals surface area contributed by atoms with E-state index in [4.69, 9.17) is 5.73 Å². The Labute approximate surface area is 132 Å². The highest BCUT2D eigenvalue weighted by atomic mass is 16.2. The molecule has 1 aromatic carbocycles. The average Bonchev–Trinajstić information content (AvgIpc) is 2.55. The van der Waals surface area contributed by atoms with E-state index >= 15 is 0 Å². The van der Waals surface area contributed by atoms with Crippen molar-refractivity contribution in [3.8, 4) is 0 Å². The summed E-state index contributed by atoms with van der Waals surface area (Å²) in [5, 5.41) is 4.24. The predicted molar refractivity (Wildman–Crippen MR) is 89.0 cm³/mol. The van der Waals surface area contributed by atoms with Gasteiger partial charge in [0.05, 0.1) is 0 Å². The number of carbonyl (C=O) groups is 1. The van der Waals surface area contributed by atoms with Gasteiger partial charge in [-0.1, -0.05) is 19.1 Å². The number of nitrogens with zero attached hydrogens (tertiary/aromatic N) is 1. The van der Waals surface area contributed by atoms with Crippen LogP contribution in [-0.4, -0.2) is 11.7 Å². The molecule has 22 heavy (non-hydrogen) atoms. The van der Waals surface area contributed by atoms with Gasteiger partial charge in [-0.15, -0.1) is 0 Å². The maximum absolute atomic E-state index is 10.9. The largest absolute Gasteiger partial charge is 0.350 e. The molecule has 0 spiro atoms. The zero-order valence-corrected chi connectivity index (χ0v) is 13.3. The molecular weight excluding hydrogens is 274 g/mol. The van der Waals surface area contributed by atoms with Gasteiger partial charge in [0.2, 0.25) is 0 Å². The van der Waals surface area contributed by atoms with Gasteiger partial charge in [-0.05, 0) is 73.6 Å². The van der Waals surface area contributed by atoms with Crippen LogP contribution in [-0.2, 0) is 25.7 Å². The van der Waals surface area contributed by atoms with Crippen LogP contribution in [0.2, 0.25) is 0 Å². The number of rotatable bonds is 3. The monoisotopic (exact) mass is 299 g/mol. The Hall–Kier alpha value is -1.84. The van der Waals surface area contributed by atoms with E-state index in [1.807, 2.05) is 0 Å². The van der Waals surface area contributed by atoms with Crippen LogP contribution in [0.5, 0.6) is 0 Å². The lowest BCUT2D eigenvalue weighted by molar-refractivity contribution is 0.249. The standard InChI is InChI=1S/C18H25N3O/c1-2-17(20-21-18(19)22)14-10-9-13-8-7-12-5-3-4-6-15(12)16(13)11-14/h7-8,14H,2-6,9-11H2,1H3,(H3,19,21,22)/t14-/m0/s1. The van der Waals surface area contributed by atoms with Crippen molar-refractivity contribution >= 4 is 11.7 Å². The van der Waals surface area contributed by atoms with Gasteiger partial charge in [-0.25, -0.2) is 10.2 Å². The molecule has 0 heterocycles. The summed E-state index contributed by atoms with van der Waals surface area (Å²) < 4.78 is 0. The highest BCUT2D eigenvalue weighted by Gasteiger charge is 2.26. The van der Waals surface area contributed by atoms with Gasteiger partial charge < -0.3 is 5.73 Å². The van der Waals surface area contributed by atoms with Crippen LogP contribution in [0.4, 0.5) is 4.79 Å². The van der Waals surface area contributed by atoms with Crippen molar-refractivity contribution in [1.82, 2.24) is 5.43 Å². The van der Waals surface area contributed by atoms with Gasteiger partial charge >= 0.3 is 6.03 Å². The number of nitrogens with one attached hydrogen (secondary N) is 1. The predicted octanol–water partition coefficient (Wildman–Crippen LogP) is 3.10. The van der Waals surface area contributed by atoms with E-state index in [2.05, 4.69) is 29.6 Å². The minimum absolute atomic E-state index is 0.428. The molecule has 3 rings (SSSR count). The summed E-state index contributed by atoms with van der Waals surface area (Å²) in [5.41, 5.74) is 14.9. The fourth-order valence-corrected chi connectivity index (χ4v) is 3.99. The summed E-state index contributed by atoms with van der Waals surface area (Å²) in [4.78, 5) is 10.9. The summed E-state index contributed by atoms with van der Waals surface area (Å²) in [7, 11) is 0. The number of hydrogen-bond donors (Lipinski definition) is 2. The normalized spacial score (nSPS) is 21.0. The van der Waals surface area contributed by atoms with Crippen LogP contribution < -0.4 is 11.2 Å². The number of primary amides is 1. The third-order valence-corrected chi connectivity index (χ3v) is 5.10. The topological polar surface area (TPSA) is 67.5 Å². The van der Waals surface area contributed by atoms with E-state index in [0.717, 1.165) is 31.4 Å². The van der Waals surface area contributed by atoms with E-state index in [1.54, 1.807) is 16.7 Å². The molecule has 0 saturated carbocycles. The quantitative estimate of drug-likeness (QED) is 0.653. The summed E-state index contributed by atoms with van der Waals surface area (Å²) >= 11 is 0. The molecule has 2 aliphatic rings. The molecule has 2 amide bonds. The molecule has 4 heteroatoms. The van der Waals surface area contributed by atoms with E-state index in [0.29, 0.717) is 5.92 Å². The first kappa shape index (κ1) is 15.1. The van der Waals surface area contributed by atoms with Gasteiger partial charge in [0.25, 0.3) is 0 Å². The van der Waals surface area contributed by atoms with E-state index in [9.17, 15) is 4.79 Å². The third-order valence-electron chi connectivity index (χ3n) is 5.10. The van der Waals surface area contributed by atoms with Crippen molar-refractivity contribution in [2.45, 2.75) is 58.3 Å². The molecule has 118 valence electrons. The number of aryl methyl sites for hydroxylation is 2. The van der Waals surface area contributed by atoms with Crippen molar-refractivity contribution in [2.24, 2.45) is 16.8 Å². The summed E-state index contributed by atoms with van der Waals surface area (Å²) in [6.07, 6.45) is 9.22. The Morgan fingerprint density at radius 3 is 2.68 bits per heavy atom. The number of benzene rings is 1. The van der Waals surface area contributed by atoms with E-state index < -0.39 is 6.03 Å². The molecule has 0 bridgehead atoms. The number of hydrazone groups is 1. The van der Waals surface area contributed by atoms with Crippen LogP contribution >= 0.6 is 0 Å². The second kappa shape index (κ2) is 6.51. The first-order valence-electron chi connectivity index (χ1n) is 8.43. The average molecular weight is 299 g/mol. The molecule has 2 aliphatic carbocycles. The number of amides is 2.